The summed E-state index contributed by atoms with van der Waals surface area (Å²) in [6.07, 6.45) is 0. The van der Waals surface area contributed by atoms with Gasteiger partial charge in [0.15, 0.2) is 0 Å². The molecule has 0 aliphatic carbocycles. The minimum Gasteiger partial charge on any atom is -0.494 e. The maximum Gasteiger partial charge on any atom is 0.206 e. The van der Waals surface area contributed by atoms with Gasteiger partial charge in [0, 0.05) is 11.1 Å². The number of hydrogen-bond acceptors (Lipinski definition) is 4. The van der Waals surface area contributed by atoms with E-state index in [1.165, 1.54) is 11.9 Å². The van der Waals surface area contributed by atoms with Crippen LogP contribution in [0.1, 0.15) is 0 Å². The molecular formula is C8H6Cl2N2OS. The van der Waals surface area contributed by atoms with Gasteiger partial charge in [-0.2, -0.15) is 0 Å². The predicted molar refractivity (Wildman–Crippen MR) is 59.9 cm³/mol. The summed E-state index contributed by atoms with van der Waals surface area (Å²) in [5.74, 6) is 0.625. The molecule has 0 bridgehead atoms. The van der Waals surface area contributed by atoms with Crippen LogP contribution >= 0.6 is 35.1 Å². The van der Waals surface area contributed by atoms with E-state index >= 15 is 0 Å². The highest BCUT2D eigenvalue weighted by molar-refractivity contribution is 7.98. The molecule has 14 heavy (non-hydrogen) atoms. The summed E-state index contributed by atoms with van der Waals surface area (Å²) in [4.78, 5) is 5.03. The molecule has 1 aromatic rings. The predicted octanol–water partition coefficient (Wildman–Crippen LogP) is 3.19. The molecule has 0 radical (unpaired) electrons. The number of halogens is 2. The monoisotopic (exact) mass is 248 g/mol. The van der Waals surface area contributed by atoms with Crippen LogP contribution < -0.4 is 9.46 Å². The molecule has 0 fully saturated rings. The van der Waals surface area contributed by atoms with Crippen molar-refractivity contribution in [3.05, 3.63) is 17.2 Å². The van der Waals surface area contributed by atoms with E-state index in [9.17, 15) is 0 Å². The van der Waals surface area contributed by atoms with E-state index in [2.05, 4.69) is 9.71 Å². The number of methoxy groups -OCH3 is 1. The van der Waals surface area contributed by atoms with E-state index in [4.69, 9.17) is 27.9 Å². The normalized spacial score (nSPS) is 14.1. The second kappa shape index (κ2) is 3.88. The molecular weight excluding hydrogens is 243 g/mol. The van der Waals surface area contributed by atoms with Gasteiger partial charge in [-0.05, 0) is 29.6 Å². The van der Waals surface area contributed by atoms with Gasteiger partial charge >= 0.3 is 0 Å². The van der Waals surface area contributed by atoms with Crippen LogP contribution in [0.2, 0.25) is 5.02 Å². The average Bonchev–Trinajstić information content (AvgIpc) is 2.17. The Labute approximate surface area is 95.6 Å². The number of amidine groups is 1. The summed E-state index contributed by atoms with van der Waals surface area (Å²) in [5.41, 5.74) is 0.714. The maximum atomic E-state index is 5.89. The SMILES string of the molecule is COc1cc(Cl)cc2c1N=C(Cl)NS2. The fourth-order valence-corrected chi connectivity index (χ4v) is 2.25. The fraction of sp³-hybridized carbons (Fsp3) is 0.125. The van der Waals surface area contributed by atoms with Crippen LogP contribution in [0, 0.1) is 0 Å². The van der Waals surface area contributed by atoms with E-state index in [1.54, 1.807) is 13.2 Å². The van der Waals surface area contributed by atoms with Crippen molar-refractivity contribution < 1.29 is 4.74 Å². The molecule has 1 aliphatic heterocycles. The van der Waals surface area contributed by atoms with Crippen molar-refractivity contribution >= 4 is 46.1 Å². The van der Waals surface area contributed by atoms with Gasteiger partial charge < -0.3 is 9.46 Å². The topological polar surface area (TPSA) is 33.6 Å². The van der Waals surface area contributed by atoms with Crippen molar-refractivity contribution in [1.29, 1.82) is 0 Å². The van der Waals surface area contributed by atoms with Crippen LogP contribution in [0.4, 0.5) is 5.69 Å². The third-order valence-corrected chi connectivity index (χ3v) is 3.02. The van der Waals surface area contributed by atoms with Gasteiger partial charge in [-0.25, -0.2) is 4.99 Å². The molecule has 0 atom stereocenters. The molecule has 0 spiro atoms. The average molecular weight is 249 g/mol. The van der Waals surface area contributed by atoms with Crippen molar-refractivity contribution in [2.45, 2.75) is 4.90 Å². The number of hydrogen-bond donors (Lipinski definition) is 1. The van der Waals surface area contributed by atoms with Gasteiger partial charge in [0.2, 0.25) is 5.29 Å². The Morgan fingerprint density at radius 1 is 1.43 bits per heavy atom. The molecule has 74 valence electrons. The van der Waals surface area contributed by atoms with Crippen LogP contribution in [0.25, 0.3) is 0 Å². The molecule has 0 aromatic heterocycles. The Morgan fingerprint density at radius 2 is 2.21 bits per heavy atom. The Morgan fingerprint density at radius 3 is 2.93 bits per heavy atom. The summed E-state index contributed by atoms with van der Waals surface area (Å²) >= 11 is 13.0. The summed E-state index contributed by atoms with van der Waals surface area (Å²) in [6.45, 7) is 0. The third kappa shape index (κ3) is 1.78. The molecule has 1 aromatic carbocycles. The van der Waals surface area contributed by atoms with Crippen LogP contribution in [-0.4, -0.2) is 12.4 Å². The largest absolute Gasteiger partial charge is 0.494 e. The number of rotatable bonds is 1. The van der Waals surface area contributed by atoms with Crippen molar-refractivity contribution in [3.8, 4) is 5.75 Å². The molecule has 0 saturated carbocycles. The number of nitrogens with one attached hydrogen (secondary N) is 1. The first-order valence-corrected chi connectivity index (χ1v) is 5.32. The van der Waals surface area contributed by atoms with Gasteiger partial charge in [-0.3, -0.25) is 0 Å². The third-order valence-electron chi connectivity index (χ3n) is 1.68. The van der Waals surface area contributed by atoms with Crippen LogP contribution in [-0.2, 0) is 0 Å². The Balaban J connectivity index is 2.59. The van der Waals surface area contributed by atoms with Gasteiger partial charge in [0.05, 0.1) is 12.0 Å². The molecule has 0 amide bonds. The lowest BCUT2D eigenvalue weighted by atomic mass is 10.3. The summed E-state index contributed by atoms with van der Waals surface area (Å²) in [7, 11) is 1.57. The first-order valence-electron chi connectivity index (χ1n) is 3.75. The van der Waals surface area contributed by atoms with Crippen LogP contribution in [0.15, 0.2) is 22.0 Å². The zero-order chi connectivity index (χ0) is 10.1. The number of fused-ring (bicyclic) bond motifs is 1. The lowest BCUT2D eigenvalue weighted by molar-refractivity contribution is 0.415. The van der Waals surface area contributed by atoms with Gasteiger partial charge in [0.25, 0.3) is 0 Å². The summed E-state index contributed by atoms with van der Waals surface area (Å²) in [6, 6.07) is 3.52. The molecule has 0 saturated heterocycles. The second-order valence-electron chi connectivity index (χ2n) is 2.56. The van der Waals surface area contributed by atoms with Gasteiger partial charge in [-0.15, -0.1) is 0 Å². The lowest BCUT2D eigenvalue weighted by Gasteiger charge is -2.15. The minimum absolute atomic E-state index is 0.336. The molecule has 1 N–H and O–H groups in total. The van der Waals surface area contributed by atoms with Crippen molar-refractivity contribution in [3.63, 3.8) is 0 Å². The molecule has 3 nitrogen and oxygen atoms in total. The number of ether oxygens (including phenoxy) is 1. The van der Waals surface area contributed by atoms with E-state index in [0.29, 0.717) is 21.8 Å². The van der Waals surface area contributed by atoms with Crippen LogP contribution in [0.3, 0.4) is 0 Å². The molecule has 6 heteroatoms. The second-order valence-corrected chi connectivity index (χ2v) is 4.20. The Bertz CT molecular complexity index is 409. The first kappa shape index (κ1) is 9.96. The van der Waals surface area contributed by atoms with Crippen molar-refractivity contribution in [2.24, 2.45) is 4.99 Å². The number of aliphatic imine (C=N–C) groups is 1. The Hall–Kier alpha value is -0.580. The van der Waals surface area contributed by atoms with E-state index in [0.717, 1.165) is 4.90 Å². The van der Waals surface area contributed by atoms with Crippen LogP contribution in [0.5, 0.6) is 5.75 Å². The lowest BCUT2D eigenvalue weighted by Crippen LogP contribution is -2.11. The highest BCUT2D eigenvalue weighted by atomic mass is 35.5. The van der Waals surface area contributed by atoms with Crippen molar-refractivity contribution in [1.82, 2.24) is 4.72 Å². The Kier molecular flexibility index (Phi) is 2.76. The van der Waals surface area contributed by atoms with Gasteiger partial charge in [-0.1, -0.05) is 11.6 Å². The zero-order valence-electron chi connectivity index (χ0n) is 7.17. The molecule has 2 rings (SSSR count). The molecule has 0 unspecified atom stereocenters. The quantitative estimate of drug-likeness (QED) is 0.613. The first-order chi connectivity index (χ1) is 6.70. The standard InChI is InChI=1S/C8H6Cl2N2OS/c1-13-5-2-4(9)3-6-7(5)11-8(10)12-14-6/h2-3H,1H3,(H,11,12). The van der Waals surface area contributed by atoms with E-state index < -0.39 is 0 Å². The van der Waals surface area contributed by atoms with Crippen molar-refractivity contribution in [2.75, 3.05) is 7.11 Å². The van der Waals surface area contributed by atoms with E-state index in [-0.39, 0.29) is 0 Å². The number of benzene rings is 1. The maximum absolute atomic E-state index is 5.89. The summed E-state index contributed by atoms with van der Waals surface area (Å²) < 4.78 is 7.99. The highest BCUT2D eigenvalue weighted by Crippen LogP contribution is 2.41. The fourth-order valence-electron chi connectivity index (χ4n) is 1.11. The van der Waals surface area contributed by atoms with Gasteiger partial charge in [0.1, 0.15) is 11.4 Å². The number of nitrogens with zero attached hydrogens (tertiary/aromatic N) is 1. The van der Waals surface area contributed by atoms with E-state index in [1.807, 2.05) is 6.07 Å². The smallest absolute Gasteiger partial charge is 0.206 e. The minimum atomic E-state index is 0.336. The highest BCUT2D eigenvalue weighted by Gasteiger charge is 2.16. The molecule has 1 heterocycles. The molecule has 1 aliphatic rings. The summed E-state index contributed by atoms with van der Waals surface area (Å²) in [5, 5.41) is 0.950. The zero-order valence-corrected chi connectivity index (χ0v) is 9.50.